The number of carboxylic acid groups (broad SMARTS) is 1. The molecular weight excluding hydrogens is 256 g/mol. The van der Waals surface area contributed by atoms with Crippen LogP contribution in [0.3, 0.4) is 0 Å². The van der Waals surface area contributed by atoms with Crippen molar-refractivity contribution in [2.45, 2.75) is 39.0 Å². The van der Waals surface area contributed by atoms with Crippen LogP contribution in [0.1, 0.15) is 39.0 Å². The van der Waals surface area contributed by atoms with E-state index in [0.717, 1.165) is 13.1 Å². The lowest BCUT2D eigenvalue weighted by molar-refractivity contribution is -0.146. The van der Waals surface area contributed by atoms with Crippen LogP contribution in [0.25, 0.3) is 0 Å². The molecule has 5 heteroatoms. The van der Waals surface area contributed by atoms with E-state index in [1.54, 1.807) is 0 Å². The maximum absolute atomic E-state index is 12.3. The Morgan fingerprint density at radius 1 is 1.30 bits per heavy atom. The summed E-state index contributed by atoms with van der Waals surface area (Å²) in [6, 6.07) is 0. The van der Waals surface area contributed by atoms with Crippen molar-refractivity contribution in [2.75, 3.05) is 26.2 Å². The predicted molar refractivity (Wildman–Crippen MR) is 76.3 cm³/mol. The Labute approximate surface area is 120 Å². The molecule has 0 saturated carbocycles. The molecule has 0 spiro atoms. The van der Waals surface area contributed by atoms with Crippen LogP contribution in [0, 0.1) is 17.8 Å². The van der Waals surface area contributed by atoms with Crippen molar-refractivity contribution >= 4 is 11.9 Å². The number of rotatable bonds is 4. The van der Waals surface area contributed by atoms with Gasteiger partial charge in [-0.2, -0.15) is 0 Å². The van der Waals surface area contributed by atoms with Gasteiger partial charge in [0.25, 0.3) is 0 Å². The normalized spacial score (nSPS) is 26.2. The van der Waals surface area contributed by atoms with Gasteiger partial charge >= 0.3 is 5.97 Å². The molecule has 2 fully saturated rings. The second-order valence-electron chi connectivity index (χ2n) is 6.28. The summed E-state index contributed by atoms with van der Waals surface area (Å²) >= 11 is 0. The molecule has 0 aromatic heterocycles. The lowest BCUT2D eigenvalue weighted by Crippen LogP contribution is -2.42. The number of hydrogen-bond donors (Lipinski definition) is 2. The third-order valence-corrected chi connectivity index (χ3v) is 4.83. The molecule has 0 aliphatic carbocycles. The molecule has 1 amide bonds. The standard InChI is InChI=1S/C15H26N2O3/c1-11(13-3-2-6-16-10-13)9-14(18)17-7-4-12(5-8-17)15(19)20/h11-13,16H,2-10H2,1H3,(H,19,20). The fourth-order valence-corrected chi connectivity index (χ4v) is 3.31. The molecule has 20 heavy (non-hydrogen) atoms. The fraction of sp³-hybridized carbons (Fsp3) is 0.867. The van der Waals surface area contributed by atoms with Crippen LogP contribution in [0.2, 0.25) is 0 Å². The van der Waals surface area contributed by atoms with E-state index in [1.165, 1.54) is 12.8 Å². The number of nitrogens with one attached hydrogen (secondary N) is 1. The van der Waals surface area contributed by atoms with E-state index in [0.29, 0.717) is 44.2 Å². The van der Waals surface area contributed by atoms with Crippen LogP contribution in [0.15, 0.2) is 0 Å². The average molecular weight is 282 g/mol. The van der Waals surface area contributed by atoms with Crippen LogP contribution in [0.4, 0.5) is 0 Å². The Balaban J connectivity index is 1.76. The molecule has 0 radical (unpaired) electrons. The van der Waals surface area contributed by atoms with Crippen LogP contribution in [-0.2, 0) is 9.59 Å². The monoisotopic (exact) mass is 282 g/mol. The molecule has 2 aliphatic heterocycles. The summed E-state index contributed by atoms with van der Waals surface area (Å²) in [5.41, 5.74) is 0. The van der Waals surface area contributed by atoms with Gasteiger partial charge in [0.1, 0.15) is 0 Å². The Hall–Kier alpha value is -1.10. The third kappa shape index (κ3) is 3.95. The van der Waals surface area contributed by atoms with Gasteiger partial charge in [0.2, 0.25) is 5.91 Å². The summed E-state index contributed by atoms with van der Waals surface area (Å²) in [6.45, 7) is 5.49. The van der Waals surface area contributed by atoms with Crippen LogP contribution < -0.4 is 5.32 Å². The molecule has 0 aromatic carbocycles. The van der Waals surface area contributed by atoms with E-state index < -0.39 is 5.97 Å². The molecule has 0 bridgehead atoms. The summed E-state index contributed by atoms with van der Waals surface area (Å²) in [5.74, 6) is 0.224. The van der Waals surface area contributed by atoms with Gasteiger partial charge in [-0.3, -0.25) is 9.59 Å². The first kappa shape index (κ1) is 15.3. The van der Waals surface area contributed by atoms with Gasteiger partial charge in [0, 0.05) is 19.5 Å². The van der Waals surface area contributed by atoms with Crippen LogP contribution >= 0.6 is 0 Å². The van der Waals surface area contributed by atoms with Crippen molar-refractivity contribution in [1.82, 2.24) is 10.2 Å². The average Bonchev–Trinajstić information content (AvgIpc) is 2.48. The van der Waals surface area contributed by atoms with E-state index in [1.807, 2.05) is 4.90 Å². The largest absolute Gasteiger partial charge is 0.481 e. The molecule has 2 aliphatic rings. The topological polar surface area (TPSA) is 69.6 Å². The number of hydrogen-bond acceptors (Lipinski definition) is 3. The Morgan fingerprint density at radius 2 is 2.00 bits per heavy atom. The highest BCUT2D eigenvalue weighted by Gasteiger charge is 2.29. The lowest BCUT2D eigenvalue weighted by Gasteiger charge is -2.33. The number of amides is 1. The van der Waals surface area contributed by atoms with Crippen molar-refractivity contribution in [3.05, 3.63) is 0 Å². The Bertz CT molecular complexity index is 345. The van der Waals surface area contributed by atoms with Crippen molar-refractivity contribution in [3.63, 3.8) is 0 Å². The number of aliphatic carboxylic acids is 1. The first-order valence-corrected chi connectivity index (χ1v) is 7.79. The SMILES string of the molecule is CC(CC(=O)N1CCC(C(=O)O)CC1)C1CCCNC1. The number of nitrogens with zero attached hydrogens (tertiary/aromatic N) is 1. The second-order valence-corrected chi connectivity index (χ2v) is 6.28. The highest BCUT2D eigenvalue weighted by Crippen LogP contribution is 2.24. The molecule has 2 heterocycles. The molecule has 2 N–H and O–H groups in total. The minimum atomic E-state index is -0.723. The summed E-state index contributed by atoms with van der Waals surface area (Å²) in [4.78, 5) is 25.0. The molecular formula is C15H26N2O3. The zero-order chi connectivity index (χ0) is 14.5. The zero-order valence-corrected chi connectivity index (χ0v) is 12.3. The van der Waals surface area contributed by atoms with E-state index in [9.17, 15) is 9.59 Å². The smallest absolute Gasteiger partial charge is 0.306 e. The maximum Gasteiger partial charge on any atom is 0.306 e. The van der Waals surface area contributed by atoms with E-state index in [4.69, 9.17) is 5.11 Å². The number of piperidine rings is 2. The van der Waals surface area contributed by atoms with Crippen LogP contribution in [-0.4, -0.2) is 48.1 Å². The number of carboxylic acids is 1. The van der Waals surface area contributed by atoms with Gasteiger partial charge in [-0.15, -0.1) is 0 Å². The summed E-state index contributed by atoms with van der Waals surface area (Å²) in [5, 5.41) is 12.4. The van der Waals surface area contributed by atoms with E-state index in [2.05, 4.69) is 12.2 Å². The Kier molecular flexibility index (Phi) is 5.40. The minimum Gasteiger partial charge on any atom is -0.481 e. The Morgan fingerprint density at radius 3 is 2.55 bits per heavy atom. The lowest BCUT2D eigenvalue weighted by atomic mass is 9.85. The van der Waals surface area contributed by atoms with Gasteiger partial charge in [-0.25, -0.2) is 0 Å². The number of carbonyl (C=O) groups is 2. The highest BCUT2D eigenvalue weighted by atomic mass is 16.4. The molecule has 114 valence electrons. The number of likely N-dealkylation sites (tertiary alicyclic amines) is 1. The summed E-state index contributed by atoms with van der Waals surface area (Å²) in [6.07, 6.45) is 4.21. The molecule has 2 atom stereocenters. The molecule has 2 unspecified atom stereocenters. The van der Waals surface area contributed by atoms with Gasteiger partial charge in [-0.05, 0) is 50.6 Å². The summed E-state index contributed by atoms with van der Waals surface area (Å²) < 4.78 is 0. The zero-order valence-electron chi connectivity index (χ0n) is 12.3. The molecule has 2 saturated heterocycles. The fourth-order valence-electron chi connectivity index (χ4n) is 3.31. The van der Waals surface area contributed by atoms with Crippen molar-refractivity contribution in [2.24, 2.45) is 17.8 Å². The van der Waals surface area contributed by atoms with Gasteiger partial charge < -0.3 is 15.3 Å². The molecule has 2 rings (SSSR count). The highest BCUT2D eigenvalue weighted by molar-refractivity contribution is 5.77. The van der Waals surface area contributed by atoms with Crippen molar-refractivity contribution in [3.8, 4) is 0 Å². The quantitative estimate of drug-likeness (QED) is 0.816. The van der Waals surface area contributed by atoms with E-state index >= 15 is 0 Å². The van der Waals surface area contributed by atoms with Gasteiger partial charge in [0.05, 0.1) is 5.92 Å². The van der Waals surface area contributed by atoms with Gasteiger partial charge in [-0.1, -0.05) is 6.92 Å². The second kappa shape index (κ2) is 7.07. The number of carbonyl (C=O) groups excluding carboxylic acids is 1. The maximum atomic E-state index is 12.3. The van der Waals surface area contributed by atoms with Crippen molar-refractivity contribution < 1.29 is 14.7 Å². The van der Waals surface area contributed by atoms with Gasteiger partial charge in [0.15, 0.2) is 0 Å². The molecule has 0 aromatic rings. The predicted octanol–water partition coefficient (Wildman–Crippen LogP) is 1.34. The van der Waals surface area contributed by atoms with Crippen molar-refractivity contribution in [1.29, 1.82) is 0 Å². The first-order chi connectivity index (χ1) is 9.58. The minimum absolute atomic E-state index is 0.201. The van der Waals surface area contributed by atoms with E-state index in [-0.39, 0.29) is 11.8 Å². The van der Waals surface area contributed by atoms with Crippen LogP contribution in [0.5, 0.6) is 0 Å². The third-order valence-electron chi connectivity index (χ3n) is 4.83. The first-order valence-electron chi connectivity index (χ1n) is 7.79. The summed E-state index contributed by atoms with van der Waals surface area (Å²) in [7, 11) is 0. The molecule has 5 nitrogen and oxygen atoms in total.